The predicted molar refractivity (Wildman–Crippen MR) is 129 cm³/mol. The lowest BCUT2D eigenvalue weighted by atomic mass is 10.2. The number of carbonyl (C=O) groups is 1. The molecular weight excluding hydrogens is 460 g/mol. The van der Waals surface area contributed by atoms with Crippen LogP contribution in [-0.4, -0.2) is 31.3 Å². The standard InChI is InChI=1S/C24H19ClN4O3S/c1-29(21-11-6-10-19(25)14-21)33(31,32)22-12-5-9-18(13-22)24(30)28-20-15-26-23(27-16-20)17-7-3-2-4-8-17/h2-16H,1H3,(H,28,30). The molecule has 0 aliphatic heterocycles. The normalized spacial score (nSPS) is 11.1. The molecule has 0 radical (unpaired) electrons. The number of sulfonamides is 1. The van der Waals surface area contributed by atoms with Gasteiger partial charge < -0.3 is 5.32 Å². The van der Waals surface area contributed by atoms with Gasteiger partial charge in [-0.2, -0.15) is 0 Å². The fourth-order valence-electron chi connectivity index (χ4n) is 3.10. The highest BCUT2D eigenvalue weighted by Gasteiger charge is 2.22. The SMILES string of the molecule is CN(c1cccc(Cl)c1)S(=O)(=O)c1cccc(C(=O)Nc2cnc(-c3ccccc3)nc2)c1. The van der Waals surface area contributed by atoms with Crippen molar-refractivity contribution in [3.8, 4) is 11.4 Å². The van der Waals surface area contributed by atoms with Gasteiger partial charge in [0.25, 0.3) is 15.9 Å². The molecule has 9 heteroatoms. The Kier molecular flexibility index (Phi) is 6.39. The van der Waals surface area contributed by atoms with E-state index in [0.29, 0.717) is 22.2 Å². The predicted octanol–water partition coefficient (Wildman–Crippen LogP) is 4.87. The molecule has 1 amide bonds. The molecule has 4 aromatic rings. The molecule has 1 N–H and O–H groups in total. The number of anilines is 2. The van der Waals surface area contributed by atoms with Gasteiger partial charge in [-0.3, -0.25) is 9.10 Å². The van der Waals surface area contributed by atoms with E-state index < -0.39 is 15.9 Å². The summed E-state index contributed by atoms with van der Waals surface area (Å²) < 4.78 is 27.3. The number of carbonyl (C=O) groups excluding carboxylic acids is 1. The minimum Gasteiger partial charge on any atom is -0.319 e. The summed E-state index contributed by atoms with van der Waals surface area (Å²) in [5.41, 5.74) is 1.84. The third-order valence-electron chi connectivity index (χ3n) is 4.87. The number of halogens is 1. The number of benzene rings is 3. The van der Waals surface area contributed by atoms with Crippen molar-refractivity contribution in [1.29, 1.82) is 0 Å². The maximum atomic E-state index is 13.1. The van der Waals surface area contributed by atoms with Gasteiger partial charge in [-0.15, -0.1) is 0 Å². The highest BCUT2D eigenvalue weighted by Crippen LogP contribution is 2.25. The van der Waals surface area contributed by atoms with E-state index in [1.54, 1.807) is 24.3 Å². The quantitative estimate of drug-likeness (QED) is 0.426. The Morgan fingerprint density at radius 2 is 1.61 bits per heavy atom. The Balaban J connectivity index is 1.53. The summed E-state index contributed by atoms with van der Waals surface area (Å²) >= 11 is 5.99. The van der Waals surface area contributed by atoms with E-state index >= 15 is 0 Å². The molecule has 0 saturated carbocycles. The minimum atomic E-state index is -3.90. The first kappa shape index (κ1) is 22.4. The largest absolute Gasteiger partial charge is 0.319 e. The first-order chi connectivity index (χ1) is 15.8. The molecule has 0 saturated heterocycles. The number of nitrogens with one attached hydrogen (secondary N) is 1. The Morgan fingerprint density at radius 3 is 2.30 bits per heavy atom. The van der Waals surface area contributed by atoms with E-state index in [1.807, 2.05) is 30.3 Å². The van der Waals surface area contributed by atoms with Crippen LogP contribution in [0, 0.1) is 0 Å². The average Bonchev–Trinajstić information content (AvgIpc) is 2.84. The molecule has 1 aromatic heterocycles. The van der Waals surface area contributed by atoms with E-state index in [0.717, 1.165) is 9.87 Å². The summed E-state index contributed by atoms with van der Waals surface area (Å²) in [5.74, 6) is 0.0549. The van der Waals surface area contributed by atoms with Crippen molar-refractivity contribution in [1.82, 2.24) is 9.97 Å². The lowest BCUT2D eigenvalue weighted by molar-refractivity contribution is 0.102. The second kappa shape index (κ2) is 9.40. The molecule has 166 valence electrons. The van der Waals surface area contributed by atoms with Crippen molar-refractivity contribution in [2.45, 2.75) is 4.90 Å². The third kappa shape index (κ3) is 5.02. The maximum absolute atomic E-state index is 13.1. The van der Waals surface area contributed by atoms with Crippen LogP contribution in [-0.2, 0) is 10.0 Å². The fourth-order valence-corrected chi connectivity index (χ4v) is 4.52. The number of aromatic nitrogens is 2. The van der Waals surface area contributed by atoms with Gasteiger partial charge in [0.05, 0.1) is 28.7 Å². The summed E-state index contributed by atoms with van der Waals surface area (Å²) in [6.07, 6.45) is 3.00. The second-order valence-electron chi connectivity index (χ2n) is 7.10. The molecule has 1 heterocycles. The number of rotatable bonds is 6. The molecule has 4 rings (SSSR count). The van der Waals surface area contributed by atoms with Crippen molar-refractivity contribution in [3.63, 3.8) is 0 Å². The summed E-state index contributed by atoms with van der Waals surface area (Å²) in [5, 5.41) is 3.11. The zero-order valence-corrected chi connectivity index (χ0v) is 19.1. The topological polar surface area (TPSA) is 92.3 Å². The van der Waals surface area contributed by atoms with Gasteiger partial charge in [-0.25, -0.2) is 18.4 Å². The van der Waals surface area contributed by atoms with Gasteiger partial charge in [0, 0.05) is 23.2 Å². The highest BCUT2D eigenvalue weighted by atomic mass is 35.5. The molecule has 0 aliphatic rings. The molecule has 3 aromatic carbocycles. The number of nitrogens with zero attached hydrogens (tertiary/aromatic N) is 3. The van der Waals surface area contributed by atoms with E-state index in [2.05, 4.69) is 15.3 Å². The van der Waals surface area contributed by atoms with Crippen molar-refractivity contribution < 1.29 is 13.2 Å². The van der Waals surface area contributed by atoms with Gasteiger partial charge in [0.2, 0.25) is 0 Å². The van der Waals surface area contributed by atoms with Crippen LogP contribution in [0.25, 0.3) is 11.4 Å². The number of hydrogen-bond donors (Lipinski definition) is 1. The van der Waals surface area contributed by atoms with Crippen molar-refractivity contribution >= 4 is 38.9 Å². The van der Waals surface area contributed by atoms with Crippen LogP contribution in [0.3, 0.4) is 0 Å². The first-order valence-corrected chi connectivity index (χ1v) is 11.7. The van der Waals surface area contributed by atoms with Crippen LogP contribution in [0.15, 0.2) is 96.2 Å². The maximum Gasteiger partial charge on any atom is 0.264 e. The molecule has 0 bridgehead atoms. The highest BCUT2D eigenvalue weighted by molar-refractivity contribution is 7.92. The van der Waals surface area contributed by atoms with Gasteiger partial charge in [-0.1, -0.05) is 54.1 Å². The zero-order valence-electron chi connectivity index (χ0n) is 17.5. The van der Waals surface area contributed by atoms with Crippen LogP contribution in [0.5, 0.6) is 0 Å². The zero-order chi connectivity index (χ0) is 23.4. The molecule has 0 fully saturated rings. The van der Waals surface area contributed by atoms with E-state index in [9.17, 15) is 13.2 Å². The Morgan fingerprint density at radius 1 is 0.909 bits per heavy atom. The average molecular weight is 479 g/mol. The van der Waals surface area contributed by atoms with Gasteiger partial charge >= 0.3 is 0 Å². The minimum absolute atomic E-state index is 0.0201. The molecule has 7 nitrogen and oxygen atoms in total. The Bertz CT molecular complexity index is 1390. The first-order valence-electron chi connectivity index (χ1n) is 9.88. The molecule has 0 atom stereocenters. The van der Waals surface area contributed by atoms with Crippen molar-refractivity contribution in [3.05, 3.63) is 102 Å². The van der Waals surface area contributed by atoms with Crippen LogP contribution in [0.1, 0.15) is 10.4 Å². The molecule has 0 aliphatic carbocycles. The summed E-state index contributed by atoms with van der Waals surface area (Å²) in [4.78, 5) is 21.3. The van der Waals surface area contributed by atoms with Crippen LogP contribution >= 0.6 is 11.6 Å². The molecule has 0 unspecified atom stereocenters. The van der Waals surface area contributed by atoms with E-state index in [-0.39, 0.29) is 10.5 Å². The smallest absolute Gasteiger partial charge is 0.264 e. The Hall–Kier alpha value is -3.75. The van der Waals surface area contributed by atoms with E-state index in [1.165, 1.54) is 43.7 Å². The molecular formula is C24H19ClN4O3S. The van der Waals surface area contributed by atoms with Crippen LogP contribution in [0.2, 0.25) is 5.02 Å². The lowest BCUT2D eigenvalue weighted by Crippen LogP contribution is -2.26. The van der Waals surface area contributed by atoms with Crippen LogP contribution in [0.4, 0.5) is 11.4 Å². The second-order valence-corrected chi connectivity index (χ2v) is 9.50. The molecule has 0 spiro atoms. The fraction of sp³-hybridized carbons (Fsp3) is 0.0417. The third-order valence-corrected chi connectivity index (χ3v) is 6.88. The molecule has 33 heavy (non-hydrogen) atoms. The van der Waals surface area contributed by atoms with Crippen LogP contribution < -0.4 is 9.62 Å². The Labute approximate surface area is 196 Å². The summed E-state index contributed by atoms with van der Waals surface area (Å²) in [6.45, 7) is 0. The number of amides is 1. The van der Waals surface area contributed by atoms with Crippen molar-refractivity contribution in [2.75, 3.05) is 16.7 Å². The van der Waals surface area contributed by atoms with Gasteiger partial charge in [0.15, 0.2) is 5.82 Å². The summed E-state index contributed by atoms with van der Waals surface area (Å²) in [6, 6.07) is 21.8. The summed E-state index contributed by atoms with van der Waals surface area (Å²) in [7, 11) is -2.47. The lowest BCUT2D eigenvalue weighted by Gasteiger charge is -2.20. The monoisotopic (exact) mass is 478 g/mol. The van der Waals surface area contributed by atoms with Crippen molar-refractivity contribution in [2.24, 2.45) is 0 Å². The van der Waals surface area contributed by atoms with E-state index in [4.69, 9.17) is 11.6 Å². The van der Waals surface area contributed by atoms with Gasteiger partial charge in [-0.05, 0) is 36.4 Å². The number of hydrogen-bond acceptors (Lipinski definition) is 5. The van der Waals surface area contributed by atoms with Gasteiger partial charge in [0.1, 0.15) is 0 Å².